The summed E-state index contributed by atoms with van der Waals surface area (Å²) >= 11 is 0. The van der Waals surface area contributed by atoms with Crippen LogP contribution in [-0.2, 0) is 11.2 Å². The third-order valence-corrected chi connectivity index (χ3v) is 6.09. The fourth-order valence-corrected chi connectivity index (χ4v) is 4.65. The second-order valence-corrected chi connectivity index (χ2v) is 7.96. The van der Waals surface area contributed by atoms with Gasteiger partial charge in [-0.05, 0) is 71.9 Å². The van der Waals surface area contributed by atoms with Gasteiger partial charge in [0.25, 0.3) is 0 Å². The van der Waals surface area contributed by atoms with E-state index in [1.807, 2.05) is 18.2 Å². The minimum absolute atomic E-state index is 0.127. The molecule has 1 saturated heterocycles. The van der Waals surface area contributed by atoms with Gasteiger partial charge in [0.1, 0.15) is 0 Å². The van der Waals surface area contributed by atoms with E-state index in [1.165, 1.54) is 36.8 Å². The Labute approximate surface area is 158 Å². The zero-order valence-electron chi connectivity index (χ0n) is 15.6. The lowest BCUT2D eigenvalue weighted by Crippen LogP contribution is -2.32. The standard InChI is InChI=1S/C23H25F3O/c1-2-3-4-14-9-17-6-5-16-10-15(7-8-19(16)23(17)27-13-14)18-11-20(24)22(26)21(25)12-18/h7-8,10-12,14,17,23H,2-6,9,13H2,1H3. The molecule has 0 spiro atoms. The van der Waals surface area contributed by atoms with E-state index in [2.05, 4.69) is 6.92 Å². The highest BCUT2D eigenvalue weighted by Crippen LogP contribution is 2.45. The normalized spacial score (nSPS) is 24.4. The summed E-state index contributed by atoms with van der Waals surface area (Å²) in [6, 6.07) is 7.97. The molecule has 0 radical (unpaired) electrons. The fourth-order valence-electron chi connectivity index (χ4n) is 4.65. The van der Waals surface area contributed by atoms with Crippen molar-refractivity contribution in [2.45, 2.75) is 51.6 Å². The monoisotopic (exact) mass is 374 g/mol. The molecule has 0 saturated carbocycles. The number of rotatable bonds is 4. The molecule has 2 aliphatic rings. The van der Waals surface area contributed by atoms with Crippen LogP contribution in [0.25, 0.3) is 11.1 Å². The van der Waals surface area contributed by atoms with Crippen molar-refractivity contribution in [3.8, 4) is 11.1 Å². The predicted molar refractivity (Wildman–Crippen MR) is 99.9 cm³/mol. The molecule has 4 rings (SSSR count). The molecule has 144 valence electrons. The van der Waals surface area contributed by atoms with Gasteiger partial charge in [-0.2, -0.15) is 0 Å². The van der Waals surface area contributed by atoms with E-state index in [0.717, 1.165) is 31.6 Å². The highest BCUT2D eigenvalue weighted by Gasteiger charge is 2.36. The van der Waals surface area contributed by atoms with Crippen LogP contribution in [0, 0.1) is 29.3 Å². The van der Waals surface area contributed by atoms with Crippen molar-refractivity contribution in [1.82, 2.24) is 0 Å². The van der Waals surface area contributed by atoms with Crippen LogP contribution in [0.15, 0.2) is 30.3 Å². The largest absolute Gasteiger partial charge is 0.373 e. The first-order valence-corrected chi connectivity index (χ1v) is 9.96. The second kappa shape index (κ2) is 7.67. The van der Waals surface area contributed by atoms with Gasteiger partial charge in [-0.1, -0.05) is 38.0 Å². The number of ether oxygens (including phenoxy) is 1. The fraction of sp³-hybridized carbons (Fsp3) is 0.478. The van der Waals surface area contributed by atoms with Crippen LogP contribution >= 0.6 is 0 Å². The van der Waals surface area contributed by atoms with Crippen LogP contribution in [0.3, 0.4) is 0 Å². The molecule has 4 heteroatoms. The van der Waals surface area contributed by atoms with E-state index in [1.54, 1.807) is 0 Å². The van der Waals surface area contributed by atoms with Crippen LogP contribution in [0.1, 0.15) is 56.3 Å². The van der Waals surface area contributed by atoms with E-state index in [9.17, 15) is 13.2 Å². The van der Waals surface area contributed by atoms with E-state index in [-0.39, 0.29) is 6.10 Å². The molecule has 0 N–H and O–H groups in total. The van der Waals surface area contributed by atoms with Gasteiger partial charge in [-0.3, -0.25) is 0 Å². The van der Waals surface area contributed by atoms with Crippen molar-refractivity contribution in [3.63, 3.8) is 0 Å². The minimum atomic E-state index is -1.42. The zero-order valence-corrected chi connectivity index (χ0v) is 15.6. The van der Waals surface area contributed by atoms with Gasteiger partial charge in [0.2, 0.25) is 0 Å². The number of aryl methyl sites for hydroxylation is 1. The topological polar surface area (TPSA) is 9.23 Å². The summed E-state index contributed by atoms with van der Waals surface area (Å²) in [5.41, 5.74) is 3.44. The molecule has 3 atom stereocenters. The number of hydrogen-bond donors (Lipinski definition) is 0. The zero-order chi connectivity index (χ0) is 19.0. The maximum absolute atomic E-state index is 13.6. The Bertz CT molecular complexity index is 809. The molecule has 3 unspecified atom stereocenters. The highest BCUT2D eigenvalue weighted by atomic mass is 19.2. The Kier molecular flexibility index (Phi) is 5.27. The average Bonchev–Trinajstić information content (AvgIpc) is 2.69. The molecule has 0 bridgehead atoms. The molecule has 0 aromatic heterocycles. The van der Waals surface area contributed by atoms with Crippen molar-refractivity contribution in [3.05, 3.63) is 58.9 Å². The molecule has 1 heterocycles. The summed E-state index contributed by atoms with van der Waals surface area (Å²) in [6.45, 7) is 3.04. The molecule has 2 aromatic carbocycles. The Morgan fingerprint density at radius 3 is 2.56 bits per heavy atom. The molecule has 1 aliphatic carbocycles. The van der Waals surface area contributed by atoms with Crippen LogP contribution in [0.4, 0.5) is 13.2 Å². The molecule has 1 nitrogen and oxygen atoms in total. The van der Waals surface area contributed by atoms with Crippen molar-refractivity contribution in [2.75, 3.05) is 6.61 Å². The van der Waals surface area contributed by atoms with E-state index >= 15 is 0 Å². The quantitative estimate of drug-likeness (QED) is 0.548. The van der Waals surface area contributed by atoms with Crippen molar-refractivity contribution in [1.29, 1.82) is 0 Å². The second-order valence-electron chi connectivity index (χ2n) is 7.96. The summed E-state index contributed by atoms with van der Waals surface area (Å²) in [6.07, 6.45) is 7.10. The summed E-state index contributed by atoms with van der Waals surface area (Å²) in [5.74, 6) is -2.52. The van der Waals surface area contributed by atoms with Crippen LogP contribution in [-0.4, -0.2) is 6.61 Å². The third-order valence-electron chi connectivity index (χ3n) is 6.09. The lowest BCUT2D eigenvalue weighted by Gasteiger charge is -2.40. The van der Waals surface area contributed by atoms with E-state index < -0.39 is 17.5 Å². The molecular weight excluding hydrogens is 349 g/mol. The number of fused-ring (bicyclic) bond motifs is 3. The van der Waals surface area contributed by atoms with Gasteiger partial charge in [-0.15, -0.1) is 0 Å². The minimum Gasteiger partial charge on any atom is -0.373 e. The molecule has 0 amide bonds. The van der Waals surface area contributed by atoms with Crippen LogP contribution in [0.5, 0.6) is 0 Å². The van der Waals surface area contributed by atoms with Crippen LogP contribution < -0.4 is 0 Å². The first-order chi connectivity index (χ1) is 13.1. The Morgan fingerprint density at radius 1 is 1.04 bits per heavy atom. The third kappa shape index (κ3) is 3.64. The first kappa shape index (κ1) is 18.5. The number of hydrogen-bond acceptors (Lipinski definition) is 1. The Hall–Kier alpha value is -1.81. The van der Waals surface area contributed by atoms with Gasteiger partial charge in [-0.25, -0.2) is 13.2 Å². The summed E-state index contributed by atoms with van der Waals surface area (Å²) in [7, 11) is 0. The molecule has 1 fully saturated rings. The molecule has 27 heavy (non-hydrogen) atoms. The van der Waals surface area contributed by atoms with Crippen molar-refractivity contribution in [2.24, 2.45) is 11.8 Å². The van der Waals surface area contributed by atoms with E-state index in [4.69, 9.17) is 4.74 Å². The van der Waals surface area contributed by atoms with Gasteiger partial charge in [0, 0.05) is 0 Å². The average molecular weight is 374 g/mol. The smallest absolute Gasteiger partial charge is 0.194 e. The number of unbranched alkanes of at least 4 members (excludes halogenated alkanes) is 1. The lowest BCUT2D eigenvalue weighted by atomic mass is 9.74. The maximum atomic E-state index is 13.6. The van der Waals surface area contributed by atoms with Gasteiger partial charge in [0.05, 0.1) is 12.7 Å². The van der Waals surface area contributed by atoms with Gasteiger partial charge in [0.15, 0.2) is 17.5 Å². The SMILES string of the molecule is CCCCC1COC2c3ccc(-c4cc(F)c(F)c(F)c4)cc3CCC2C1. The molecular formula is C23H25F3O. The van der Waals surface area contributed by atoms with E-state index in [0.29, 0.717) is 23.0 Å². The Balaban J connectivity index is 1.57. The predicted octanol–water partition coefficient (Wildman–Crippen LogP) is 6.60. The van der Waals surface area contributed by atoms with Gasteiger partial charge >= 0.3 is 0 Å². The van der Waals surface area contributed by atoms with Crippen molar-refractivity contribution >= 4 is 0 Å². The number of benzene rings is 2. The Morgan fingerprint density at radius 2 is 1.81 bits per heavy atom. The van der Waals surface area contributed by atoms with Crippen LogP contribution in [0.2, 0.25) is 0 Å². The maximum Gasteiger partial charge on any atom is 0.194 e. The lowest BCUT2D eigenvalue weighted by molar-refractivity contribution is -0.0677. The van der Waals surface area contributed by atoms with Gasteiger partial charge < -0.3 is 4.74 Å². The summed E-state index contributed by atoms with van der Waals surface area (Å²) in [5, 5.41) is 0. The first-order valence-electron chi connectivity index (χ1n) is 9.96. The number of halogens is 3. The summed E-state index contributed by atoms with van der Waals surface area (Å²) < 4.78 is 46.6. The van der Waals surface area contributed by atoms with Crippen molar-refractivity contribution < 1.29 is 17.9 Å². The molecule has 2 aromatic rings. The highest BCUT2D eigenvalue weighted by molar-refractivity contribution is 5.65. The molecule has 1 aliphatic heterocycles. The summed E-state index contributed by atoms with van der Waals surface area (Å²) in [4.78, 5) is 0.